The Labute approximate surface area is 88.1 Å². The minimum absolute atomic E-state index is 0.146. The van der Waals surface area contributed by atoms with Crippen LogP contribution in [0.1, 0.15) is 18.1 Å². The molecule has 3 atom stereocenters. The van der Waals surface area contributed by atoms with E-state index in [1.54, 1.807) is 0 Å². The molecule has 15 heavy (non-hydrogen) atoms. The van der Waals surface area contributed by atoms with E-state index in [-0.39, 0.29) is 12.3 Å². The first-order valence-electron chi connectivity index (χ1n) is 4.82. The first-order chi connectivity index (χ1) is 7.15. The molecule has 1 aliphatic rings. The van der Waals surface area contributed by atoms with E-state index < -0.39 is 6.41 Å². The van der Waals surface area contributed by atoms with Gasteiger partial charge in [0.05, 0.1) is 6.10 Å². The maximum atomic E-state index is 5.69. The van der Waals surface area contributed by atoms with Gasteiger partial charge in [0, 0.05) is 12.1 Å². The van der Waals surface area contributed by atoms with Crippen molar-refractivity contribution in [3.63, 3.8) is 0 Å². The van der Waals surface area contributed by atoms with Crippen LogP contribution in [0.5, 0.6) is 0 Å². The summed E-state index contributed by atoms with van der Waals surface area (Å²) in [6, 6.07) is 7.49. The number of hydrogen-bond donors (Lipinski definition) is 3. The second-order valence-corrected chi connectivity index (χ2v) is 3.57. The number of ether oxygens (including phenoxy) is 2. The van der Waals surface area contributed by atoms with Gasteiger partial charge in [-0.3, -0.25) is 5.73 Å². The van der Waals surface area contributed by atoms with Gasteiger partial charge in [0.1, 0.15) is 6.23 Å². The van der Waals surface area contributed by atoms with Crippen molar-refractivity contribution in [2.24, 2.45) is 11.5 Å². The van der Waals surface area contributed by atoms with Gasteiger partial charge in [-0.05, 0) is 17.7 Å². The largest absolute Gasteiger partial charge is 0.399 e. The molecule has 6 N–H and O–H groups in total. The monoisotopic (exact) mass is 209 g/mol. The summed E-state index contributed by atoms with van der Waals surface area (Å²) in [5.74, 6) is 0. The minimum atomic E-state index is -0.764. The molecule has 3 unspecified atom stereocenters. The predicted molar refractivity (Wildman–Crippen MR) is 56.3 cm³/mol. The number of rotatable bonds is 1. The van der Waals surface area contributed by atoms with Crippen molar-refractivity contribution in [3.05, 3.63) is 29.8 Å². The topological polar surface area (TPSA) is 96.5 Å². The Kier molecular flexibility index (Phi) is 2.88. The molecule has 0 saturated carbocycles. The summed E-state index contributed by atoms with van der Waals surface area (Å²) in [5, 5.41) is 0. The lowest BCUT2D eigenvalue weighted by molar-refractivity contribution is -0.240. The number of nitrogens with two attached hydrogens (primary N) is 3. The number of hydrogen-bond acceptors (Lipinski definition) is 5. The highest BCUT2D eigenvalue weighted by Crippen LogP contribution is 2.28. The van der Waals surface area contributed by atoms with Crippen molar-refractivity contribution in [2.45, 2.75) is 25.2 Å². The fourth-order valence-electron chi connectivity index (χ4n) is 1.66. The highest BCUT2D eigenvalue weighted by Gasteiger charge is 2.26. The molecule has 5 nitrogen and oxygen atoms in total. The van der Waals surface area contributed by atoms with Crippen LogP contribution in [0.3, 0.4) is 0 Å². The second-order valence-electron chi connectivity index (χ2n) is 3.57. The van der Waals surface area contributed by atoms with Gasteiger partial charge in [-0.1, -0.05) is 12.1 Å². The Morgan fingerprint density at radius 3 is 2.67 bits per heavy atom. The lowest BCUT2D eigenvalue weighted by Gasteiger charge is -2.32. The van der Waals surface area contributed by atoms with Crippen LogP contribution < -0.4 is 17.2 Å². The molecule has 1 saturated heterocycles. The fraction of sp³-hybridized carbons (Fsp3) is 0.400. The van der Waals surface area contributed by atoms with E-state index in [4.69, 9.17) is 26.7 Å². The Hall–Kier alpha value is -1.14. The minimum Gasteiger partial charge on any atom is -0.399 e. The summed E-state index contributed by atoms with van der Waals surface area (Å²) in [4.78, 5) is 0. The standard InChI is InChI=1S/C10H15N3O2/c11-7-3-1-2-6(4-7)8-5-9(12)15-10(13)14-8/h1-4,8-10H,5,11-13H2. The van der Waals surface area contributed by atoms with E-state index in [0.29, 0.717) is 12.1 Å². The Morgan fingerprint density at radius 2 is 2.00 bits per heavy atom. The average molecular weight is 209 g/mol. The summed E-state index contributed by atoms with van der Waals surface area (Å²) < 4.78 is 10.5. The number of benzene rings is 1. The molecule has 1 fully saturated rings. The number of nitrogen functional groups attached to an aromatic ring is 1. The predicted octanol–water partition coefficient (Wildman–Crippen LogP) is 0.274. The molecule has 0 amide bonds. The molecule has 1 aromatic rings. The molecule has 0 bridgehead atoms. The molecule has 0 radical (unpaired) electrons. The summed E-state index contributed by atoms with van der Waals surface area (Å²) in [6.07, 6.45) is -0.718. The van der Waals surface area contributed by atoms with Gasteiger partial charge in [0.25, 0.3) is 0 Å². The molecular weight excluding hydrogens is 194 g/mol. The highest BCUT2D eigenvalue weighted by atomic mass is 16.7. The van der Waals surface area contributed by atoms with Crippen LogP contribution in [0.15, 0.2) is 24.3 Å². The first kappa shape index (κ1) is 10.4. The molecule has 0 aliphatic carbocycles. The Morgan fingerprint density at radius 1 is 1.20 bits per heavy atom. The average Bonchev–Trinajstić information content (AvgIpc) is 2.16. The van der Waals surface area contributed by atoms with E-state index in [2.05, 4.69) is 0 Å². The third kappa shape index (κ3) is 2.45. The zero-order chi connectivity index (χ0) is 10.8. The molecule has 1 aliphatic heterocycles. The second kappa shape index (κ2) is 4.16. The molecule has 0 aromatic heterocycles. The van der Waals surface area contributed by atoms with Crippen LogP contribution in [-0.4, -0.2) is 12.6 Å². The molecule has 2 rings (SSSR count). The molecule has 82 valence electrons. The third-order valence-corrected chi connectivity index (χ3v) is 2.34. The van der Waals surface area contributed by atoms with Crippen molar-refractivity contribution in [1.82, 2.24) is 0 Å². The van der Waals surface area contributed by atoms with E-state index in [0.717, 1.165) is 5.56 Å². The van der Waals surface area contributed by atoms with Gasteiger partial charge < -0.3 is 20.9 Å². The van der Waals surface area contributed by atoms with Crippen LogP contribution in [0.4, 0.5) is 5.69 Å². The summed E-state index contributed by atoms with van der Waals surface area (Å²) in [6.45, 7) is 0. The van der Waals surface area contributed by atoms with Gasteiger partial charge in [-0.25, -0.2) is 0 Å². The Balaban J connectivity index is 2.16. The van der Waals surface area contributed by atoms with E-state index in [1.165, 1.54) is 0 Å². The van der Waals surface area contributed by atoms with Crippen molar-refractivity contribution in [1.29, 1.82) is 0 Å². The van der Waals surface area contributed by atoms with Crippen LogP contribution in [0.2, 0.25) is 0 Å². The zero-order valence-corrected chi connectivity index (χ0v) is 8.30. The normalized spacial score (nSPS) is 31.5. The van der Waals surface area contributed by atoms with Gasteiger partial charge >= 0.3 is 0 Å². The van der Waals surface area contributed by atoms with E-state index in [1.807, 2.05) is 24.3 Å². The van der Waals surface area contributed by atoms with Crippen LogP contribution >= 0.6 is 0 Å². The lowest BCUT2D eigenvalue weighted by Crippen LogP contribution is -2.43. The smallest absolute Gasteiger partial charge is 0.215 e. The maximum absolute atomic E-state index is 5.69. The van der Waals surface area contributed by atoms with Crippen molar-refractivity contribution in [2.75, 3.05) is 5.73 Å². The van der Waals surface area contributed by atoms with Gasteiger partial charge in [-0.2, -0.15) is 0 Å². The van der Waals surface area contributed by atoms with E-state index in [9.17, 15) is 0 Å². The van der Waals surface area contributed by atoms with Crippen LogP contribution in [-0.2, 0) is 9.47 Å². The van der Waals surface area contributed by atoms with Crippen molar-refractivity contribution < 1.29 is 9.47 Å². The molecule has 1 heterocycles. The summed E-state index contributed by atoms with van der Waals surface area (Å²) in [5.41, 5.74) is 18.6. The van der Waals surface area contributed by atoms with Gasteiger partial charge in [0.2, 0.25) is 6.41 Å². The lowest BCUT2D eigenvalue weighted by atomic mass is 10.0. The highest BCUT2D eigenvalue weighted by molar-refractivity contribution is 5.41. The summed E-state index contributed by atoms with van der Waals surface area (Å²) >= 11 is 0. The first-order valence-corrected chi connectivity index (χ1v) is 4.82. The third-order valence-electron chi connectivity index (χ3n) is 2.34. The Bertz CT molecular complexity index is 335. The summed E-state index contributed by atoms with van der Waals surface area (Å²) in [7, 11) is 0. The fourth-order valence-corrected chi connectivity index (χ4v) is 1.66. The zero-order valence-electron chi connectivity index (χ0n) is 8.30. The van der Waals surface area contributed by atoms with Crippen molar-refractivity contribution in [3.8, 4) is 0 Å². The molecule has 5 heteroatoms. The van der Waals surface area contributed by atoms with Crippen molar-refractivity contribution >= 4 is 5.69 Å². The van der Waals surface area contributed by atoms with Gasteiger partial charge in [0.15, 0.2) is 0 Å². The SMILES string of the molecule is Nc1cccc(C2CC(N)OC(N)O2)c1. The number of anilines is 1. The van der Waals surface area contributed by atoms with Crippen LogP contribution in [0, 0.1) is 0 Å². The van der Waals surface area contributed by atoms with Crippen LogP contribution in [0.25, 0.3) is 0 Å². The maximum Gasteiger partial charge on any atom is 0.215 e. The molecule has 0 spiro atoms. The quantitative estimate of drug-likeness (QED) is 0.577. The van der Waals surface area contributed by atoms with Gasteiger partial charge in [-0.15, -0.1) is 0 Å². The molecular formula is C10H15N3O2. The van der Waals surface area contributed by atoms with E-state index >= 15 is 0 Å². The molecule has 1 aromatic carbocycles.